The molecular formula is C22H19FN8O2. The maximum atomic E-state index is 14.2. The second-order valence-electron chi connectivity index (χ2n) is 7.43. The molecule has 0 spiro atoms. The molecule has 3 aromatic heterocycles. The van der Waals surface area contributed by atoms with Gasteiger partial charge in [0.05, 0.1) is 24.1 Å². The van der Waals surface area contributed by atoms with E-state index in [4.69, 9.17) is 10.3 Å². The summed E-state index contributed by atoms with van der Waals surface area (Å²) < 4.78 is 20.8. The van der Waals surface area contributed by atoms with E-state index < -0.39 is 0 Å². The van der Waals surface area contributed by atoms with E-state index in [0.29, 0.717) is 47.0 Å². The zero-order valence-corrected chi connectivity index (χ0v) is 17.4. The van der Waals surface area contributed by atoms with Crippen molar-refractivity contribution < 1.29 is 13.7 Å². The monoisotopic (exact) mass is 446 g/mol. The number of carbonyl (C=O) groups is 1. The largest absolute Gasteiger partial charge is 0.382 e. The van der Waals surface area contributed by atoms with E-state index in [9.17, 15) is 9.18 Å². The minimum atomic E-state index is -0.340. The van der Waals surface area contributed by atoms with Gasteiger partial charge in [0, 0.05) is 18.2 Å². The Bertz CT molecular complexity index is 1350. The van der Waals surface area contributed by atoms with E-state index in [1.165, 1.54) is 18.5 Å². The van der Waals surface area contributed by atoms with Gasteiger partial charge in [-0.15, -0.1) is 0 Å². The van der Waals surface area contributed by atoms with E-state index in [2.05, 4.69) is 30.5 Å². The molecule has 0 saturated carbocycles. The average molecular weight is 446 g/mol. The average Bonchev–Trinajstić information content (AvgIpc) is 3.58. The molecule has 11 heteroatoms. The maximum absolute atomic E-state index is 14.2. The van der Waals surface area contributed by atoms with Crippen LogP contribution in [0.25, 0.3) is 22.9 Å². The van der Waals surface area contributed by atoms with Gasteiger partial charge in [-0.2, -0.15) is 5.10 Å². The van der Waals surface area contributed by atoms with Crippen LogP contribution >= 0.6 is 0 Å². The summed E-state index contributed by atoms with van der Waals surface area (Å²) in [5.41, 5.74) is 8.85. The third-order valence-electron chi connectivity index (χ3n) is 5.19. The van der Waals surface area contributed by atoms with Gasteiger partial charge in [0.15, 0.2) is 11.6 Å². The van der Waals surface area contributed by atoms with Crippen molar-refractivity contribution in [3.63, 3.8) is 0 Å². The fraction of sp³-hybridized carbons (Fsp3) is 0.182. The molecule has 1 amide bonds. The van der Waals surface area contributed by atoms with E-state index in [-0.39, 0.29) is 29.9 Å². The number of hydrogen-bond donors (Lipinski definition) is 2. The van der Waals surface area contributed by atoms with Crippen LogP contribution in [0.3, 0.4) is 0 Å². The van der Waals surface area contributed by atoms with Crippen molar-refractivity contribution in [1.82, 2.24) is 24.9 Å². The predicted molar refractivity (Wildman–Crippen MR) is 119 cm³/mol. The zero-order chi connectivity index (χ0) is 22.8. The van der Waals surface area contributed by atoms with Crippen molar-refractivity contribution in [1.29, 1.82) is 0 Å². The Labute approximate surface area is 187 Å². The normalized spacial score (nSPS) is 13.2. The van der Waals surface area contributed by atoms with E-state index in [1.54, 1.807) is 35.0 Å². The first-order chi connectivity index (χ1) is 16.1. The number of amides is 1. The van der Waals surface area contributed by atoms with Crippen molar-refractivity contribution in [3.05, 3.63) is 60.2 Å². The molecule has 0 aliphatic carbocycles. The fourth-order valence-corrected chi connectivity index (χ4v) is 3.52. The molecule has 0 fully saturated rings. The molecule has 5 rings (SSSR count). The van der Waals surface area contributed by atoms with Crippen molar-refractivity contribution >= 4 is 23.1 Å². The molecule has 166 valence electrons. The van der Waals surface area contributed by atoms with Gasteiger partial charge in [0.1, 0.15) is 29.2 Å². The van der Waals surface area contributed by atoms with Crippen LogP contribution in [-0.4, -0.2) is 43.1 Å². The molecule has 4 aromatic rings. The number of nitrogens with one attached hydrogen (secondary N) is 1. The number of nitrogens with zero attached hydrogens (tertiary/aromatic N) is 6. The third-order valence-corrected chi connectivity index (χ3v) is 5.19. The van der Waals surface area contributed by atoms with E-state index >= 15 is 0 Å². The lowest BCUT2D eigenvalue weighted by atomic mass is 10.2. The predicted octanol–water partition coefficient (Wildman–Crippen LogP) is 2.94. The van der Waals surface area contributed by atoms with E-state index in [0.717, 1.165) is 6.42 Å². The molecule has 0 saturated heterocycles. The van der Waals surface area contributed by atoms with Gasteiger partial charge >= 0.3 is 0 Å². The highest BCUT2D eigenvalue weighted by Crippen LogP contribution is 2.26. The number of nitrogen functional groups attached to an aromatic ring is 1. The quantitative estimate of drug-likeness (QED) is 0.464. The zero-order valence-electron chi connectivity index (χ0n) is 17.4. The third kappa shape index (κ3) is 4.20. The number of hydrogen-bond acceptors (Lipinski definition) is 8. The second-order valence-corrected chi connectivity index (χ2v) is 7.43. The Kier molecular flexibility index (Phi) is 5.35. The van der Waals surface area contributed by atoms with Crippen LogP contribution in [0.15, 0.2) is 58.4 Å². The molecular weight excluding hydrogens is 427 g/mol. The Hall–Kier alpha value is -4.41. The van der Waals surface area contributed by atoms with Crippen molar-refractivity contribution in [2.24, 2.45) is 4.99 Å². The fourth-order valence-electron chi connectivity index (χ4n) is 3.52. The second kappa shape index (κ2) is 8.61. The smallest absolute Gasteiger partial charge is 0.269 e. The summed E-state index contributed by atoms with van der Waals surface area (Å²) in [6.45, 7) is 0.817. The van der Waals surface area contributed by atoms with Gasteiger partial charge < -0.3 is 15.6 Å². The first kappa shape index (κ1) is 20.5. The minimum absolute atomic E-state index is 0.0959. The summed E-state index contributed by atoms with van der Waals surface area (Å²) in [6, 6.07) is 9.86. The van der Waals surface area contributed by atoms with Gasteiger partial charge in [-0.1, -0.05) is 23.4 Å². The minimum Gasteiger partial charge on any atom is -0.382 e. The number of aliphatic imine (C=N–C) groups is 1. The van der Waals surface area contributed by atoms with Crippen LogP contribution in [0.2, 0.25) is 0 Å². The molecule has 0 atom stereocenters. The summed E-state index contributed by atoms with van der Waals surface area (Å²) in [5.74, 6) is -0.300. The Morgan fingerprint density at radius 3 is 2.85 bits per heavy atom. The van der Waals surface area contributed by atoms with Crippen LogP contribution in [0, 0.1) is 5.82 Å². The van der Waals surface area contributed by atoms with Crippen LogP contribution in [0.5, 0.6) is 0 Å². The summed E-state index contributed by atoms with van der Waals surface area (Å²) in [5, 5.41) is 11.2. The Balaban J connectivity index is 1.46. The molecule has 4 heterocycles. The lowest BCUT2D eigenvalue weighted by Gasteiger charge is -2.08. The molecule has 0 unspecified atom stereocenters. The maximum Gasteiger partial charge on any atom is 0.269 e. The first-order valence-electron chi connectivity index (χ1n) is 10.3. The van der Waals surface area contributed by atoms with Gasteiger partial charge in [-0.25, -0.2) is 14.4 Å². The Morgan fingerprint density at radius 1 is 1.24 bits per heavy atom. The Morgan fingerprint density at radius 2 is 2.12 bits per heavy atom. The number of benzene rings is 1. The SMILES string of the molecule is Nc1nc(-c2cc(-c3ccon3)n(Cc3ccccc3F)n2)ncc1NC(=O)C1=NCCC1. The molecule has 0 bridgehead atoms. The van der Waals surface area contributed by atoms with Gasteiger partial charge in [-0.3, -0.25) is 14.5 Å². The highest BCUT2D eigenvalue weighted by molar-refractivity contribution is 6.43. The number of carbonyl (C=O) groups excluding carboxylic acids is 1. The summed E-state index contributed by atoms with van der Waals surface area (Å²) in [6.07, 6.45) is 4.36. The van der Waals surface area contributed by atoms with Crippen LogP contribution in [0.1, 0.15) is 18.4 Å². The highest BCUT2D eigenvalue weighted by Gasteiger charge is 2.20. The molecule has 33 heavy (non-hydrogen) atoms. The van der Waals surface area contributed by atoms with Gasteiger partial charge in [0.25, 0.3) is 5.91 Å². The van der Waals surface area contributed by atoms with Crippen molar-refractivity contribution in [3.8, 4) is 22.9 Å². The standard InChI is InChI=1S/C22H19FN8O2/c23-14-5-2-1-4-13(14)12-31-19(15-7-9-33-30-15)10-17(29-31)21-26-11-18(20(24)28-21)27-22(32)16-6-3-8-25-16/h1-2,4-5,7,9-11H,3,6,8,12H2,(H,27,32)(H2,24,26,28). The summed E-state index contributed by atoms with van der Waals surface area (Å²) in [7, 11) is 0. The number of halogens is 1. The van der Waals surface area contributed by atoms with Crippen LogP contribution in [-0.2, 0) is 11.3 Å². The molecule has 10 nitrogen and oxygen atoms in total. The van der Waals surface area contributed by atoms with Crippen LogP contribution < -0.4 is 11.1 Å². The number of aromatic nitrogens is 5. The van der Waals surface area contributed by atoms with Gasteiger partial charge in [-0.05, 0) is 25.0 Å². The number of rotatable bonds is 6. The summed E-state index contributed by atoms with van der Waals surface area (Å²) in [4.78, 5) is 25.1. The van der Waals surface area contributed by atoms with Crippen LogP contribution in [0.4, 0.5) is 15.9 Å². The summed E-state index contributed by atoms with van der Waals surface area (Å²) >= 11 is 0. The van der Waals surface area contributed by atoms with E-state index in [1.807, 2.05) is 0 Å². The molecule has 0 radical (unpaired) electrons. The first-order valence-corrected chi connectivity index (χ1v) is 10.3. The van der Waals surface area contributed by atoms with Crippen molar-refractivity contribution in [2.75, 3.05) is 17.6 Å². The number of anilines is 2. The van der Waals surface area contributed by atoms with Crippen molar-refractivity contribution in [2.45, 2.75) is 19.4 Å². The highest BCUT2D eigenvalue weighted by atomic mass is 19.1. The molecule has 3 N–H and O–H groups in total. The molecule has 1 aliphatic rings. The van der Waals surface area contributed by atoms with Gasteiger partial charge in [0.2, 0.25) is 0 Å². The lowest BCUT2D eigenvalue weighted by molar-refractivity contribution is -0.110. The topological polar surface area (TPSA) is 137 Å². The lowest BCUT2D eigenvalue weighted by Crippen LogP contribution is -2.22. The number of nitrogens with two attached hydrogens (primary N) is 1. The molecule has 1 aliphatic heterocycles. The molecule has 1 aromatic carbocycles.